The van der Waals surface area contributed by atoms with Crippen molar-refractivity contribution < 1.29 is 14.3 Å². The molecule has 1 aromatic carbocycles. The summed E-state index contributed by atoms with van der Waals surface area (Å²) in [5, 5.41) is 0. The maximum Gasteiger partial charge on any atom is 0.153 e. The Balaban J connectivity index is 2.59. The Kier molecular flexibility index (Phi) is 3.99. The Morgan fingerprint density at radius 2 is 2.08 bits per heavy atom. The maximum absolute atomic E-state index is 10.5. The van der Waals surface area contributed by atoms with Crippen LogP contribution in [0.25, 0.3) is 0 Å². The molecule has 0 unspecified atom stereocenters. The highest BCUT2D eigenvalue weighted by molar-refractivity contribution is 5.79. The molecule has 0 fully saturated rings. The van der Waals surface area contributed by atoms with Crippen molar-refractivity contribution in [3.05, 3.63) is 29.8 Å². The fourth-order valence-electron chi connectivity index (χ4n) is 0.944. The molecule has 1 aromatic rings. The molecular formula is C10H12O3. The summed E-state index contributed by atoms with van der Waals surface area (Å²) in [5.41, 5.74) is 0.568. The standard InChI is InChI=1S/C10H12O3/c1-12-6-7-13-10-5-3-2-4-9(10)8-11/h2-5,8H,6-7H2,1H3. The third kappa shape index (κ3) is 2.87. The first-order valence-corrected chi connectivity index (χ1v) is 4.04. The van der Waals surface area contributed by atoms with Gasteiger partial charge in [0.15, 0.2) is 6.29 Å². The van der Waals surface area contributed by atoms with E-state index < -0.39 is 0 Å². The molecule has 0 saturated heterocycles. The van der Waals surface area contributed by atoms with Crippen LogP contribution in [0.5, 0.6) is 5.75 Å². The van der Waals surface area contributed by atoms with Crippen LogP contribution in [0.1, 0.15) is 10.4 Å². The summed E-state index contributed by atoms with van der Waals surface area (Å²) in [7, 11) is 1.61. The first-order chi connectivity index (χ1) is 6.38. The lowest BCUT2D eigenvalue weighted by Gasteiger charge is -2.06. The third-order valence-corrected chi connectivity index (χ3v) is 1.59. The van der Waals surface area contributed by atoms with Gasteiger partial charge in [-0.15, -0.1) is 0 Å². The average molecular weight is 180 g/mol. The molecule has 0 atom stereocenters. The molecule has 0 heterocycles. The second-order valence-corrected chi connectivity index (χ2v) is 2.50. The van der Waals surface area contributed by atoms with E-state index in [4.69, 9.17) is 9.47 Å². The highest BCUT2D eigenvalue weighted by atomic mass is 16.5. The van der Waals surface area contributed by atoms with Crippen molar-refractivity contribution in [3.8, 4) is 5.75 Å². The molecule has 0 spiro atoms. The fourth-order valence-corrected chi connectivity index (χ4v) is 0.944. The minimum Gasteiger partial charge on any atom is -0.490 e. The van der Waals surface area contributed by atoms with Gasteiger partial charge in [0.25, 0.3) is 0 Å². The van der Waals surface area contributed by atoms with Gasteiger partial charge in [-0.25, -0.2) is 0 Å². The van der Waals surface area contributed by atoms with Crippen molar-refractivity contribution >= 4 is 6.29 Å². The van der Waals surface area contributed by atoms with Crippen LogP contribution in [0.2, 0.25) is 0 Å². The van der Waals surface area contributed by atoms with E-state index in [-0.39, 0.29) is 0 Å². The van der Waals surface area contributed by atoms with E-state index >= 15 is 0 Å². The lowest BCUT2D eigenvalue weighted by atomic mass is 10.2. The SMILES string of the molecule is COCCOc1ccccc1C=O. The van der Waals surface area contributed by atoms with Crippen LogP contribution in [0.15, 0.2) is 24.3 Å². The topological polar surface area (TPSA) is 35.5 Å². The van der Waals surface area contributed by atoms with E-state index in [1.165, 1.54) is 0 Å². The molecule has 0 bridgehead atoms. The number of benzene rings is 1. The normalized spacial score (nSPS) is 9.62. The van der Waals surface area contributed by atoms with Gasteiger partial charge in [0, 0.05) is 7.11 Å². The zero-order valence-corrected chi connectivity index (χ0v) is 7.53. The van der Waals surface area contributed by atoms with Crippen LogP contribution in [0, 0.1) is 0 Å². The lowest BCUT2D eigenvalue weighted by Crippen LogP contribution is -2.05. The number of hydrogen-bond donors (Lipinski definition) is 0. The summed E-state index contributed by atoms with van der Waals surface area (Å²) in [4.78, 5) is 10.5. The van der Waals surface area contributed by atoms with Gasteiger partial charge in [0.05, 0.1) is 12.2 Å². The second kappa shape index (κ2) is 5.32. The Morgan fingerprint density at radius 3 is 2.77 bits per heavy atom. The van der Waals surface area contributed by atoms with Gasteiger partial charge in [0.2, 0.25) is 0 Å². The Labute approximate surface area is 77.3 Å². The van der Waals surface area contributed by atoms with E-state index in [0.717, 1.165) is 6.29 Å². The Bertz CT molecular complexity index is 271. The number of carbonyl (C=O) groups is 1. The monoisotopic (exact) mass is 180 g/mol. The Hall–Kier alpha value is -1.35. The molecule has 0 amide bonds. The van der Waals surface area contributed by atoms with Gasteiger partial charge >= 0.3 is 0 Å². The van der Waals surface area contributed by atoms with E-state index in [0.29, 0.717) is 24.5 Å². The summed E-state index contributed by atoms with van der Waals surface area (Å²) in [6.45, 7) is 0.981. The van der Waals surface area contributed by atoms with Crippen molar-refractivity contribution in [1.82, 2.24) is 0 Å². The number of hydrogen-bond acceptors (Lipinski definition) is 3. The zero-order valence-electron chi connectivity index (χ0n) is 7.53. The highest BCUT2D eigenvalue weighted by Gasteiger charge is 1.99. The molecule has 0 aliphatic rings. The first-order valence-electron chi connectivity index (χ1n) is 4.04. The largest absolute Gasteiger partial charge is 0.490 e. The average Bonchev–Trinajstić information content (AvgIpc) is 2.19. The van der Waals surface area contributed by atoms with E-state index in [2.05, 4.69) is 0 Å². The van der Waals surface area contributed by atoms with Crippen LogP contribution < -0.4 is 4.74 Å². The number of methoxy groups -OCH3 is 1. The van der Waals surface area contributed by atoms with Crippen LogP contribution in [-0.4, -0.2) is 26.6 Å². The number of rotatable bonds is 5. The molecule has 3 heteroatoms. The van der Waals surface area contributed by atoms with Crippen molar-refractivity contribution in [3.63, 3.8) is 0 Å². The van der Waals surface area contributed by atoms with Gasteiger partial charge in [-0.2, -0.15) is 0 Å². The second-order valence-electron chi connectivity index (χ2n) is 2.50. The van der Waals surface area contributed by atoms with Gasteiger partial charge < -0.3 is 9.47 Å². The first kappa shape index (κ1) is 9.74. The Morgan fingerprint density at radius 1 is 1.31 bits per heavy atom. The minimum atomic E-state index is 0.460. The van der Waals surface area contributed by atoms with E-state index in [9.17, 15) is 4.79 Å². The zero-order chi connectivity index (χ0) is 9.52. The predicted molar refractivity (Wildman–Crippen MR) is 49.2 cm³/mol. The molecule has 0 aromatic heterocycles. The van der Waals surface area contributed by atoms with Crippen LogP contribution >= 0.6 is 0 Å². The predicted octanol–water partition coefficient (Wildman–Crippen LogP) is 1.52. The number of para-hydroxylation sites is 1. The molecule has 0 aliphatic heterocycles. The highest BCUT2D eigenvalue weighted by Crippen LogP contribution is 2.14. The third-order valence-electron chi connectivity index (χ3n) is 1.59. The molecule has 0 aliphatic carbocycles. The maximum atomic E-state index is 10.5. The van der Waals surface area contributed by atoms with E-state index in [1.807, 2.05) is 6.07 Å². The molecule has 13 heavy (non-hydrogen) atoms. The van der Waals surface area contributed by atoms with Crippen LogP contribution in [-0.2, 0) is 4.74 Å². The van der Waals surface area contributed by atoms with Gasteiger partial charge in [-0.1, -0.05) is 12.1 Å². The van der Waals surface area contributed by atoms with Crippen molar-refractivity contribution in [2.75, 3.05) is 20.3 Å². The number of ether oxygens (including phenoxy) is 2. The van der Waals surface area contributed by atoms with Crippen LogP contribution in [0.4, 0.5) is 0 Å². The molecule has 3 nitrogen and oxygen atoms in total. The lowest BCUT2D eigenvalue weighted by molar-refractivity contribution is 0.111. The quantitative estimate of drug-likeness (QED) is 0.509. The number of aldehydes is 1. The van der Waals surface area contributed by atoms with E-state index in [1.54, 1.807) is 25.3 Å². The molecule has 0 N–H and O–H groups in total. The van der Waals surface area contributed by atoms with Crippen LogP contribution in [0.3, 0.4) is 0 Å². The van der Waals surface area contributed by atoms with Gasteiger partial charge in [0.1, 0.15) is 12.4 Å². The minimum absolute atomic E-state index is 0.460. The molecule has 0 radical (unpaired) electrons. The molecule has 0 saturated carbocycles. The summed E-state index contributed by atoms with van der Waals surface area (Å²) < 4.78 is 10.1. The number of carbonyl (C=O) groups excluding carboxylic acids is 1. The van der Waals surface area contributed by atoms with Gasteiger partial charge in [-0.05, 0) is 12.1 Å². The summed E-state index contributed by atoms with van der Waals surface area (Å²) in [6.07, 6.45) is 0.780. The summed E-state index contributed by atoms with van der Waals surface area (Å²) >= 11 is 0. The summed E-state index contributed by atoms with van der Waals surface area (Å²) in [5.74, 6) is 0.606. The molecule has 70 valence electrons. The fraction of sp³-hybridized carbons (Fsp3) is 0.300. The van der Waals surface area contributed by atoms with Crippen molar-refractivity contribution in [2.45, 2.75) is 0 Å². The summed E-state index contributed by atoms with van der Waals surface area (Å²) in [6, 6.07) is 7.11. The van der Waals surface area contributed by atoms with Crippen molar-refractivity contribution in [2.24, 2.45) is 0 Å². The molecule has 1 rings (SSSR count). The van der Waals surface area contributed by atoms with Crippen molar-refractivity contribution in [1.29, 1.82) is 0 Å². The molecular weight excluding hydrogens is 168 g/mol. The van der Waals surface area contributed by atoms with Gasteiger partial charge in [-0.3, -0.25) is 4.79 Å². The smallest absolute Gasteiger partial charge is 0.153 e.